The molecule has 0 aromatic heterocycles. The van der Waals surface area contributed by atoms with Gasteiger partial charge in [0.1, 0.15) is 6.61 Å². The standard InChI is InChI=1S/C69H128NO8P/c1-3-5-7-9-11-13-15-17-19-21-23-25-27-29-31-33-35-37-39-41-43-45-47-49-51-53-55-57-59-61-68(71)75-65-67(66-77-79(73,74)76-64-63-70)78-69(72)62-60-58-56-54-52-50-48-46-44-42-40-38-36-34-32-30-28-26-24-22-20-18-16-14-12-10-8-6-4-2/h6,8,12,14,18,20,24,26,30,32,67H,3-5,7,9-11,13,15-17,19,21-23,25,27-29,31,33-66,70H2,1-2H3,(H,73,74)/b8-6-,14-12-,20-18-,26-24-,32-30-. The predicted octanol–water partition coefficient (Wildman–Crippen LogP) is 21.9. The van der Waals surface area contributed by atoms with Crippen molar-refractivity contribution in [3.8, 4) is 0 Å². The highest BCUT2D eigenvalue weighted by Gasteiger charge is 2.26. The molecule has 0 spiro atoms. The van der Waals surface area contributed by atoms with Crippen molar-refractivity contribution in [3.63, 3.8) is 0 Å². The van der Waals surface area contributed by atoms with Crippen LogP contribution in [0.4, 0.5) is 0 Å². The van der Waals surface area contributed by atoms with Crippen LogP contribution in [0.3, 0.4) is 0 Å². The minimum Gasteiger partial charge on any atom is -0.462 e. The van der Waals surface area contributed by atoms with Gasteiger partial charge in [-0.1, -0.05) is 325 Å². The van der Waals surface area contributed by atoms with Crippen LogP contribution in [0.1, 0.15) is 335 Å². The summed E-state index contributed by atoms with van der Waals surface area (Å²) >= 11 is 0. The van der Waals surface area contributed by atoms with Crippen molar-refractivity contribution >= 4 is 19.8 Å². The number of ether oxygens (including phenoxy) is 2. The number of esters is 2. The third kappa shape index (κ3) is 64.7. The third-order valence-electron chi connectivity index (χ3n) is 14.9. The van der Waals surface area contributed by atoms with Crippen LogP contribution in [0, 0.1) is 0 Å². The van der Waals surface area contributed by atoms with Gasteiger partial charge in [0.2, 0.25) is 0 Å². The third-order valence-corrected chi connectivity index (χ3v) is 15.9. The maximum Gasteiger partial charge on any atom is 0.472 e. The summed E-state index contributed by atoms with van der Waals surface area (Å²) in [6.07, 6.45) is 83.1. The van der Waals surface area contributed by atoms with Crippen LogP contribution in [0.5, 0.6) is 0 Å². The molecular weight excluding hydrogens is 1000 g/mol. The fraction of sp³-hybridized carbons (Fsp3) is 0.826. The van der Waals surface area contributed by atoms with Gasteiger partial charge in [-0.3, -0.25) is 18.6 Å². The largest absolute Gasteiger partial charge is 0.472 e. The summed E-state index contributed by atoms with van der Waals surface area (Å²) in [4.78, 5) is 35.3. The molecule has 3 N–H and O–H groups in total. The van der Waals surface area contributed by atoms with E-state index in [1.807, 2.05) is 0 Å². The summed E-state index contributed by atoms with van der Waals surface area (Å²) < 4.78 is 33.2. The summed E-state index contributed by atoms with van der Waals surface area (Å²) in [5.41, 5.74) is 5.40. The second kappa shape index (κ2) is 64.9. The van der Waals surface area contributed by atoms with Crippen LogP contribution in [0.2, 0.25) is 0 Å². The van der Waals surface area contributed by atoms with E-state index in [9.17, 15) is 19.0 Å². The van der Waals surface area contributed by atoms with Gasteiger partial charge in [-0.25, -0.2) is 4.57 Å². The molecule has 0 saturated carbocycles. The summed E-state index contributed by atoms with van der Waals surface area (Å²) in [5.74, 6) is -0.813. The molecule has 10 heteroatoms. The van der Waals surface area contributed by atoms with Gasteiger partial charge in [-0.05, 0) is 57.8 Å². The molecule has 0 fully saturated rings. The molecule has 2 atom stereocenters. The monoisotopic (exact) mass is 1130 g/mol. The molecule has 0 radical (unpaired) electrons. The van der Waals surface area contributed by atoms with E-state index in [1.165, 1.54) is 231 Å². The molecular formula is C69H128NO8P. The van der Waals surface area contributed by atoms with Gasteiger partial charge in [0.25, 0.3) is 0 Å². The molecule has 9 nitrogen and oxygen atoms in total. The van der Waals surface area contributed by atoms with E-state index >= 15 is 0 Å². The fourth-order valence-electron chi connectivity index (χ4n) is 9.96. The molecule has 0 aromatic carbocycles. The molecule has 0 aliphatic rings. The lowest BCUT2D eigenvalue weighted by Gasteiger charge is -2.19. The quantitative estimate of drug-likeness (QED) is 0.0264. The van der Waals surface area contributed by atoms with E-state index in [4.69, 9.17) is 24.3 Å². The number of allylic oxidation sites excluding steroid dienone is 10. The van der Waals surface area contributed by atoms with Crippen molar-refractivity contribution in [2.24, 2.45) is 5.73 Å². The van der Waals surface area contributed by atoms with Gasteiger partial charge in [-0.2, -0.15) is 0 Å². The normalized spacial score (nSPS) is 13.3. The molecule has 0 saturated heterocycles. The first-order valence-corrected chi connectivity index (χ1v) is 35.3. The van der Waals surface area contributed by atoms with Crippen molar-refractivity contribution in [2.45, 2.75) is 341 Å². The summed E-state index contributed by atoms with van der Waals surface area (Å²) in [7, 11) is -4.39. The van der Waals surface area contributed by atoms with E-state index in [2.05, 4.69) is 74.6 Å². The van der Waals surface area contributed by atoms with E-state index in [0.29, 0.717) is 6.42 Å². The van der Waals surface area contributed by atoms with Crippen molar-refractivity contribution in [3.05, 3.63) is 60.8 Å². The van der Waals surface area contributed by atoms with Crippen LogP contribution in [-0.4, -0.2) is 49.3 Å². The maximum atomic E-state index is 12.8. The molecule has 0 rings (SSSR count). The van der Waals surface area contributed by atoms with Gasteiger partial charge in [-0.15, -0.1) is 0 Å². The van der Waals surface area contributed by atoms with Gasteiger partial charge >= 0.3 is 19.8 Å². The Bertz CT molecular complexity index is 1480. The molecule has 0 amide bonds. The second-order valence-corrected chi connectivity index (χ2v) is 24.1. The van der Waals surface area contributed by atoms with Crippen LogP contribution in [0.25, 0.3) is 0 Å². The SMILES string of the molecule is CC/C=C\C/C=C\C/C=C\C/C=C\C/C=C\CCCCCCCCCCCCCCCC(=O)OC(COC(=O)CCCCCCCCCCCCCCCCCCCCCCCCCCCCCCC)COP(=O)(O)OCCN. The molecule has 79 heavy (non-hydrogen) atoms. The Hall–Kier alpha value is -2.29. The molecule has 0 aliphatic heterocycles. The zero-order valence-corrected chi connectivity index (χ0v) is 52.8. The Kier molecular flexibility index (Phi) is 63.0. The Morgan fingerprint density at radius 1 is 0.392 bits per heavy atom. The Morgan fingerprint density at radius 3 is 1.04 bits per heavy atom. The van der Waals surface area contributed by atoms with Crippen LogP contribution in [0.15, 0.2) is 60.8 Å². The Morgan fingerprint density at radius 2 is 0.696 bits per heavy atom. The van der Waals surface area contributed by atoms with Crippen LogP contribution in [-0.2, 0) is 32.7 Å². The summed E-state index contributed by atoms with van der Waals surface area (Å²) in [6.45, 7) is 3.69. The average Bonchev–Trinajstić information content (AvgIpc) is 3.44. The van der Waals surface area contributed by atoms with E-state index in [-0.39, 0.29) is 38.6 Å². The first-order valence-electron chi connectivity index (χ1n) is 33.8. The lowest BCUT2D eigenvalue weighted by Crippen LogP contribution is -2.29. The number of carbonyl (C=O) groups excluding carboxylic acids is 2. The highest BCUT2D eigenvalue weighted by molar-refractivity contribution is 7.47. The maximum absolute atomic E-state index is 12.8. The van der Waals surface area contributed by atoms with Crippen molar-refractivity contribution in [2.75, 3.05) is 26.4 Å². The van der Waals surface area contributed by atoms with Crippen molar-refractivity contribution in [1.29, 1.82) is 0 Å². The number of hydrogen-bond acceptors (Lipinski definition) is 8. The highest BCUT2D eigenvalue weighted by atomic mass is 31.2. The van der Waals surface area contributed by atoms with E-state index in [0.717, 1.165) is 70.6 Å². The zero-order valence-electron chi connectivity index (χ0n) is 51.9. The molecule has 2 unspecified atom stereocenters. The second-order valence-electron chi connectivity index (χ2n) is 22.7. The molecule has 0 bridgehead atoms. The minimum absolute atomic E-state index is 0.0535. The van der Waals surface area contributed by atoms with Crippen LogP contribution >= 0.6 is 7.82 Å². The Balaban J connectivity index is 3.87. The van der Waals surface area contributed by atoms with E-state index < -0.39 is 26.5 Å². The number of phosphoric acid groups is 1. The molecule has 0 aromatic rings. The highest BCUT2D eigenvalue weighted by Crippen LogP contribution is 2.43. The lowest BCUT2D eigenvalue weighted by atomic mass is 10.0. The first-order chi connectivity index (χ1) is 38.8. The lowest BCUT2D eigenvalue weighted by molar-refractivity contribution is -0.161. The smallest absolute Gasteiger partial charge is 0.462 e. The van der Waals surface area contributed by atoms with Crippen LogP contribution < -0.4 is 5.73 Å². The number of nitrogens with two attached hydrogens (primary N) is 1. The summed E-state index contributed by atoms with van der Waals surface area (Å²) in [5, 5.41) is 0. The topological polar surface area (TPSA) is 134 Å². The number of unbranched alkanes of at least 4 members (excludes halogenated alkanes) is 41. The predicted molar refractivity (Wildman–Crippen MR) is 340 cm³/mol. The van der Waals surface area contributed by atoms with Crippen molar-refractivity contribution in [1.82, 2.24) is 0 Å². The number of carbonyl (C=O) groups is 2. The van der Waals surface area contributed by atoms with Gasteiger partial charge in [0.15, 0.2) is 6.10 Å². The van der Waals surface area contributed by atoms with E-state index in [1.54, 1.807) is 0 Å². The van der Waals surface area contributed by atoms with Gasteiger partial charge < -0.3 is 20.1 Å². The van der Waals surface area contributed by atoms with Gasteiger partial charge in [0, 0.05) is 19.4 Å². The van der Waals surface area contributed by atoms with Gasteiger partial charge in [0.05, 0.1) is 13.2 Å². The first kappa shape index (κ1) is 76.7. The Labute approximate surface area is 489 Å². The summed E-state index contributed by atoms with van der Waals surface area (Å²) in [6, 6.07) is 0. The molecule has 462 valence electrons. The molecule has 0 aliphatic carbocycles. The number of hydrogen-bond donors (Lipinski definition) is 2. The zero-order chi connectivity index (χ0) is 57.3. The minimum atomic E-state index is -4.39. The fourth-order valence-corrected chi connectivity index (χ4v) is 10.7. The number of phosphoric ester groups is 1. The average molecular weight is 1130 g/mol. The number of rotatable bonds is 64. The van der Waals surface area contributed by atoms with Crippen molar-refractivity contribution < 1.29 is 37.6 Å². The molecule has 0 heterocycles.